The smallest absolute Gasteiger partial charge is 0.340 e. The first kappa shape index (κ1) is 15.7. The number of benzene rings is 1. The molecule has 1 aromatic rings. The second-order valence-electron chi connectivity index (χ2n) is 4.90. The third-order valence-electron chi connectivity index (χ3n) is 2.66. The Bertz CT molecular complexity index is 532. The molecular weight excluding hydrogens is 265 g/mol. The van der Waals surface area contributed by atoms with Crippen LogP contribution in [-0.4, -0.2) is 30.1 Å². The highest BCUT2D eigenvalue weighted by Gasteiger charge is 2.22. The molecule has 0 heterocycles. The van der Waals surface area contributed by atoms with E-state index < -0.39 is 23.4 Å². The van der Waals surface area contributed by atoms with Gasteiger partial charge < -0.3 is 21.5 Å². The lowest BCUT2D eigenvalue weighted by atomic mass is 10.1. The molecule has 0 bridgehead atoms. The average molecular weight is 283 g/mol. The summed E-state index contributed by atoms with van der Waals surface area (Å²) in [7, 11) is 0. The van der Waals surface area contributed by atoms with Crippen LogP contribution in [0.25, 0.3) is 0 Å². The van der Waals surface area contributed by atoms with Crippen molar-refractivity contribution in [1.82, 2.24) is 0 Å². The van der Waals surface area contributed by atoms with Crippen LogP contribution in [0.2, 0.25) is 0 Å². The number of nitrogen functional groups attached to an aromatic ring is 1. The molecule has 7 heteroatoms. The molecule has 0 atom stereocenters. The zero-order valence-corrected chi connectivity index (χ0v) is 11.4. The zero-order valence-electron chi connectivity index (χ0n) is 11.4. The maximum Gasteiger partial charge on any atom is 0.340 e. The lowest BCUT2D eigenvalue weighted by Gasteiger charge is -2.27. The Morgan fingerprint density at radius 1 is 1.40 bits per heavy atom. The van der Waals surface area contributed by atoms with E-state index in [2.05, 4.69) is 0 Å². The molecule has 0 radical (unpaired) electrons. The van der Waals surface area contributed by atoms with Crippen LogP contribution in [0.15, 0.2) is 12.1 Å². The minimum atomic E-state index is -1.35. The summed E-state index contributed by atoms with van der Waals surface area (Å²) in [6, 6.07) is 2.37. The van der Waals surface area contributed by atoms with Crippen LogP contribution in [0, 0.1) is 11.7 Å². The first-order chi connectivity index (χ1) is 9.23. The summed E-state index contributed by atoms with van der Waals surface area (Å²) in [5.74, 6) is -2.61. The van der Waals surface area contributed by atoms with Gasteiger partial charge in [0.2, 0.25) is 5.91 Å². The summed E-state index contributed by atoms with van der Waals surface area (Å²) in [5, 5.41) is 9.20. The summed E-state index contributed by atoms with van der Waals surface area (Å²) < 4.78 is 13.4. The quantitative estimate of drug-likeness (QED) is 0.676. The number of anilines is 2. The van der Waals surface area contributed by atoms with Gasteiger partial charge in [-0.2, -0.15) is 0 Å². The maximum atomic E-state index is 13.4. The Morgan fingerprint density at radius 3 is 2.45 bits per heavy atom. The molecular formula is C13H18FN3O3. The first-order valence-electron chi connectivity index (χ1n) is 6.08. The number of nitrogens with zero attached hydrogens (tertiary/aromatic N) is 1. The van der Waals surface area contributed by atoms with Crippen molar-refractivity contribution in [2.75, 3.05) is 23.7 Å². The van der Waals surface area contributed by atoms with Crippen LogP contribution in [0.4, 0.5) is 15.8 Å². The number of hydrogen-bond donors (Lipinski definition) is 3. The zero-order chi connectivity index (χ0) is 15.4. The molecule has 110 valence electrons. The molecule has 1 aromatic carbocycles. The van der Waals surface area contributed by atoms with Gasteiger partial charge in [0.25, 0.3) is 0 Å². The van der Waals surface area contributed by atoms with Crippen LogP contribution in [0.1, 0.15) is 24.2 Å². The molecule has 0 spiro atoms. The van der Waals surface area contributed by atoms with Gasteiger partial charge in [0.1, 0.15) is 11.4 Å². The molecule has 0 saturated heterocycles. The minimum absolute atomic E-state index is 0.155. The van der Waals surface area contributed by atoms with Crippen molar-refractivity contribution in [3.05, 3.63) is 23.5 Å². The van der Waals surface area contributed by atoms with Crippen LogP contribution < -0.4 is 16.4 Å². The van der Waals surface area contributed by atoms with E-state index in [0.717, 1.165) is 6.07 Å². The van der Waals surface area contributed by atoms with Gasteiger partial charge in [0.05, 0.1) is 17.9 Å². The van der Waals surface area contributed by atoms with Gasteiger partial charge in [-0.1, -0.05) is 13.8 Å². The van der Waals surface area contributed by atoms with E-state index in [4.69, 9.17) is 11.5 Å². The molecule has 20 heavy (non-hydrogen) atoms. The topological polar surface area (TPSA) is 110 Å². The number of hydrogen-bond acceptors (Lipinski definition) is 4. The average Bonchev–Trinajstić information content (AvgIpc) is 2.29. The summed E-state index contributed by atoms with van der Waals surface area (Å²) >= 11 is 0. The maximum absolute atomic E-state index is 13.4. The van der Waals surface area contributed by atoms with Crippen molar-refractivity contribution in [3.63, 3.8) is 0 Å². The molecule has 1 rings (SSSR count). The molecule has 0 unspecified atom stereocenters. The predicted octanol–water partition coefficient (Wildman–Crippen LogP) is 1.05. The normalized spacial score (nSPS) is 10.6. The fourth-order valence-corrected chi connectivity index (χ4v) is 1.95. The van der Waals surface area contributed by atoms with Crippen molar-refractivity contribution in [1.29, 1.82) is 0 Å². The number of carbonyl (C=O) groups excluding carboxylic acids is 1. The first-order valence-corrected chi connectivity index (χ1v) is 6.08. The Kier molecular flexibility index (Phi) is 4.90. The number of carbonyl (C=O) groups is 2. The lowest BCUT2D eigenvalue weighted by Crippen LogP contribution is -2.37. The van der Waals surface area contributed by atoms with E-state index >= 15 is 0 Å². The molecule has 0 fully saturated rings. The number of primary amides is 1. The fourth-order valence-electron chi connectivity index (χ4n) is 1.95. The summed E-state index contributed by atoms with van der Waals surface area (Å²) in [6.07, 6.45) is 0. The second-order valence-corrected chi connectivity index (χ2v) is 4.90. The third kappa shape index (κ3) is 3.59. The Balaban J connectivity index is 3.35. The van der Waals surface area contributed by atoms with Gasteiger partial charge in [-0.3, -0.25) is 4.79 Å². The van der Waals surface area contributed by atoms with Gasteiger partial charge in [-0.15, -0.1) is 0 Å². The van der Waals surface area contributed by atoms with Gasteiger partial charge in [-0.25, -0.2) is 9.18 Å². The van der Waals surface area contributed by atoms with E-state index in [-0.39, 0.29) is 23.7 Å². The Labute approximate surface area is 116 Å². The summed E-state index contributed by atoms with van der Waals surface area (Å²) in [6.45, 7) is 4.04. The highest BCUT2D eigenvalue weighted by atomic mass is 19.1. The fraction of sp³-hybridized carbons (Fsp3) is 0.385. The Hall–Kier alpha value is -2.31. The summed E-state index contributed by atoms with van der Waals surface area (Å²) in [5.41, 5.74) is 10.0. The van der Waals surface area contributed by atoms with E-state index in [1.807, 2.05) is 13.8 Å². The number of amides is 1. The summed E-state index contributed by atoms with van der Waals surface area (Å²) in [4.78, 5) is 23.9. The van der Waals surface area contributed by atoms with Gasteiger partial charge in [0, 0.05) is 6.54 Å². The van der Waals surface area contributed by atoms with E-state index in [0.29, 0.717) is 6.54 Å². The molecule has 5 N–H and O–H groups in total. The number of halogens is 1. The number of nitrogens with two attached hydrogens (primary N) is 2. The van der Waals surface area contributed by atoms with Gasteiger partial charge in [0.15, 0.2) is 0 Å². The standard InChI is InChI=1S/C13H18FN3O3/c1-7(2)5-17(6-10(15)18)9-4-3-8(14)12(16)11(9)13(19)20/h3-4,7H,5-6,16H2,1-2H3,(H2,15,18)(H,19,20). The van der Waals surface area contributed by atoms with E-state index in [1.54, 1.807) is 0 Å². The van der Waals surface area contributed by atoms with Crippen LogP contribution in [-0.2, 0) is 4.79 Å². The molecule has 1 amide bonds. The van der Waals surface area contributed by atoms with Crippen molar-refractivity contribution in [2.45, 2.75) is 13.8 Å². The largest absolute Gasteiger partial charge is 0.478 e. The van der Waals surface area contributed by atoms with E-state index in [9.17, 15) is 19.1 Å². The molecule has 0 aliphatic heterocycles. The van der Waals surface area contributed by atoms with Crippen LogP contribution >= 0.6 is 0 Å². The highest BCUT2D eigenvalue weighted by Crippen LogP contribution is 2.28. The second kappa shape index (κ2) is 6.23. The third-order valence-corrected chi connectivity index (χ3v) is 2.66. The van der Waals surface area contributed by atoms with Crippen molar-refractivity contribution in [2.24, 2.45) is 11.7 Å². The van der Waals surface area contributed by atoms with Gasteiger partial charge >= 0.3 is 5.97 Å². The molecule has 6 nitrogen and oxygen atoms in total. The van der Waals surface area contributed by atoms with Crippen LogP contribution in [0.3, 0.4) is 0 Å². The SMILES string of the molecule is CC(C)CN(CC(N)=O)c1ccc(F)c(N)c1C(=O)O. The van der Waals surface area contributed by atoms with Crippen molar-refractivity contribution >= 4 is 23.3 Å². The van der Waals surface area contributed by atoms with Gasteiger partial charge in [-0.05, 0) is 18.1 Å². The highest BCUT2D eigenvalue weighted by molar-refractivity contribution is 6.00. The number of carboxylic acids is 1. The number of aromatic carboxylic acids is 1. The van der Waals surface area contributed by atoms with Crippen molar-refractivity contribution in [3.8, 4) is 0 Å². The van der Waals surface area contributed by atoms with Crippen molar-refractivity contribution < 1.29 is 19.1 Å². The molecule has 0 aliphatic carbocycles. The number of rotatable bonds is 6. The number of carboxylic acid groups (broad SMARTS) is 1. The molecule has 0 saturated carbocycles. The Morgan fingerprint density at radius 2 is 2.00 bits per heavy atom. The minimum Gasteiger partial charge on any atom is -0.478 e. The van der Waals surface area contributed by atoms with E-state index in [1.165, 1.54) is 11.0 Å². The lowest BCUT2D eigenvalue weighted by molar-refractivity contribution is -0.116. The predicted molar refractivity (Wildman–Crippen MR) is 74.0 cm³/mol. The molecule has 0 aromatic heterocycles. The monoisotopic (exact) mass is 283 g/mol. The molecule has 0 aliphatic rings. The van der Waals surface area contributed by atoms with Crippen LogP contribution in [0.5, 0.6) is 0 Å².